The summed E-state index contributed by atoms with van der Waals surface area (Å²) in [4.78, 5) is 0. The second kappa shape index (κ2) is 5.56. The summed E-state index contributed by atoms with van der Waals surface area (Å²) in [6, 6.07) is 14.7. The van der Waals surface area contributed by atoms with Crippen LogP contribution in [0.2, 0.25) is 0 Å². The van der Waals surface area contributed by atoms with Gasteiger partial charge in [0.2, 0.25) is 0 Å². The van der Waals surface area contributed by atoms with Crippen molar-refractivity contribution in [2.75, 3.05) is 5.73 Å². The van der Waals surface area contributed by atoms with E-state index in [4.69, 9.17) is 15.7 Å². The van der Waals surface area contributed by atoms with E-state index >= 15 is 0 Å². The molecule has 90 valence electrons. The number of hydrogen-bond acceptors (Lipinski definition) is 3. The number of halogens is 1. The average Bonchev–Trinajstić information content (AvgIpc) is 2.41. The van der Waals surface area contributed by atoms with Gasteiger partial charge in [-0.25, -0.2) is 0 Å². The molecule has 0 radical (unpaired) electrons. The molecule has 0 saturated carbocycles. The van der Waals surface area contributed by atoms with Crippen molar-refractivity contribution in [3.05, 3.63) is 58.1 Å². The third-order valence-corrected chi connectivity index (χ3v) is 3.45. The standard InChI is InChI=1S/C14H11BrN2O/c15-14-11(2-1-3-13(14)17)9-18-12-6-4-10(8-16)5-7-12/h1-7H,9,17H2. The average molecular weight is 303 g/mol. The van der Waals surface area contributed by atoms with E-state index in [1.54, 1.807) is 24.3 Å². The molecule has 0 heterocycles. The van der Waals surface area contributed by atoms with Crippen molar-refractivity contribution in [1.82, 2.24) is 0 Å². The summed E-state index contributed by atoms with van der Waals surface area (Å²) >= 11 is 3.43. The molecule has 3 nitrogen and oxygen atoms in total. The Morgan fingerprint density at radius 1 is 1.17 bits per heavy atom. The fraction of sp³-hybridized carbons (Fsp3) is 0.0714. The van der Waals surface area contributed by atoms with Crippen LogP contribution in [0.15, 0.2) is 46.9 Å². The third-order valence-electron chi connectivity index (χ3n) is 2.49. The maximum atomic E-state index is 8.69. The van der Waals surface area contributed by atoms with Crippen LogP contribution in [0.5, 0.6) is 5.75 Å². The van der Waals surface area contributed by atoms with E-state index in [9.17, 15) is 0 Å². The van der Waals surface area contributed by atoms with Gasteiger partial charge >= 0.3 is 0 Å². The van der Waals surface area contributed by atoms with Gasteiger partial charge in [-0.05, 0) is 46.3 Å². The van der Waals surface area contributed by atoms with Gasteiger partial charge < -0.3 is 10.5 Å². The molecule has 2 aromatic carbocycles. The van der Waals surface area contributed by atoms with Crippen molar-refractivity contribution in [3.8, 4) is 11.8 Å². The number of benzene rings is 2. The lowest BCUT2D eigenvalue weighted by Gasteiger charge is -2.09. The summed E-state index contributed by atoms with van der Waals surface area (Å²) in [5.74, 6) is 0.725. The number of hydrogen-bond donors (Lipinski definition) is 1. The van der Waals surface area contributed by atoms with Crippen LogP contribution in [0.1, 0.15) is 11.1 Å². The first-order valence-corrected chi connectivity index (χ1v) is 6.16. The zero-order valence-corrected chi connectivity index (χ0v) is 11.1. The van der Waals surface area contributed by atoms with Crippen LogP contribution in [0.3, 0.4) is 0 Å². The van der Waals surface area contributed by atoms with E-state index in [0.29, 0.717) is 17.9 Å². The van der Waals surface area contributed by atoms with Crippen LogP contribution in [-0.2, 0) is 6.61 Å². The zero-order chi connectivity index (χ0) is 13.0. The van der Waals surface area contributed by atoms with E-state index in [1.807, 2.05) is 18.2 Å². The van der Waals surface area contributed by atoms with Crippen molar-refractivity contribution in [2.24, 2.45) is 0 Å². The molecule has 0 unspecified atom stereocenters. The first-order valence-electron chi connectivity index (χ1n) is 5.36. The molecule has 0 bridgehead atoms. The minimum absolute atomic E-state index is 0.428. The highest BCUT2D eigenvalue weighted by molar-refractivity contribution is 9.10. The van der Waals surface area contributed by atoms with Gasteiger partial charge in [-0.1, -0.05) is 12.1 Å². The predicted molar refractivity (Wildman–Crippen MR) is 74.0 cm³/mol. The molecule has 0 aliphatic rings. The fourth-order valence-electron chi connectivity index (χ4n) is 1.50. The summed E-state index contributed by atoms with van der Waals surface area (Å²) in [5, 5.41) is 8.69. The summed E-state index contributed by atoms with van der Waals surface area (Å²) in [5.41, 5.74) is 8.08. The minimum Gasteiger partial charge on any atom is -0.489 e. The molecule has 0 aromatic heterocycles. The highest BCUT2D eigenvalue weighted by Crippen LogP contribution is 2.25. The highest BCUT2D eigenvalue weighted by atomic mass is 79.9. The highest BCUT2D eigenvalue weighted by Gasteiger charge is 2.03. The number of nitrogens with two attached hydrogens (primary N) is 1. The number of rotatable bonds is 3. The molecule has 0 aliphatic heterocycles. The van der Waals surface area contributed by atoms with Crippen LogP contribution in [0.25, 0.3) is 0 Å². The SMILES string of the molecule is N#Cc1ccc(OCc2cccc(N)c2Br)cc1. The second-order valence-corrected chi connectivity index (χ2v) is 4.54. The number of nitriles is 1. The van der Waals surface area contributed by atoms with Gasteiger partial charge in [0.05, 0.1) is 11.6 Å². The number of nitrogens with zero attached hydrogens (tertiary/aromatic N) is 1. The lowest BCUT2D eigenvalue weighted by molar-refractivity contribution is 0.305. The van der Waals surface area contributed by atoms with Gasteiger partial charge in [-0.2, -0.15) is 5.26 Å². The fourth-order valence-corrected chi connectivity index (χ4v) is 1.88. The normalized spacial score (nSPS) is 9.78. The van der Waals surface area contributed by atoms with Crippen molar-refractivity contribution in [1.29, 1.82) is 5.26 Å². The van der Waals surface area contributed by atoms with E-state index < -0.39 is 0 Å². The van der Waals surface area contributed by atoms with E-state index in [0.717, 1.165) is 15.8 Å². The van der Waals surface area contributed by atoms with Gasteiger partial charge in [-0.3, -0.25) is 0 Å². The largest absolute Gasteiger partial charge is 0.489 e. The number of anilines is 1. The maximum Gasteiger partial charge on any atom is 0.119 e. The molecule has 4 heteroatoms. The molecule has 0 atom stereocenters. The minimum atomic E-state index is 0.428. The van der Waals surface area contributed by atoms with Gasteiger partial charge in [0.15, 0.2) is 0 Å². The molecule has 2 aromatic rings. The smallest absolute Gasteiger partial charge is 0.119 e. The van der Waals surface area contributed by atoms with Crippen molar-refractivity contribution in [3.63, 3.8) is 0 Å². The lowest BCUT2D eigenvalue weighted by Crippen LogP contribution is -1.98. The summed E-state index contributed by atoms with van der Waals surface area (Å²) in [6.45, 7) is 0.428. The molecule has 0 aliphatic carbocycles. The van der Waals surface area contributed by atoms with Crippen LogP contribution >= 0.6 is 15.9 Å². The first kappa shape index (κ1) is 12.5. The predicted octanol–water partition coefficient (Wildman–Crippen LogP) is 3.48. The molecule has 18 heavy (non-hydrogen) atoms. The number of nitrogen functional groups attached to an aromatic ring is 1. The Bertz CT molecular complexity index is 588. The Hall–Kier alpha value is -1.99. The Morgan fingerprint density at radius 3 is 2.56 bits per heavy atom. The first-order chi connectivity index (χ1) is 8.70. The Morgan fingerprint density at radius 2 is 1.89 bits per heavy atom. The van der Waals surface area contributed by atoms with Crippen LogP contribution in [-0.4, -0.2) is 0 Å². The Labute approximate surface area is 114 Å². The zero-order valence-electron chi connectivity index (χ0n) is 9.56. The molecule has 2 rings (SSSR count). The molecule has 0 saturated heterocycles. The molecule has 0 spiro atoms. The Kier molecular flexibility index (Phi) is 3.85. The summed E-state index contributed by atoms with van der Waals surface area (Å²) in [7, 11) is 0. The van der Waals surface area contributed by atoms with Crippen LogP contribution < -0.4 is 10.5 Å². The van der Waals surface area contributed by atoms with E-state index in [-0.39, 0.29) is 0 Å². The molecule has 2 N–H and O–H groups in total. The molecular weight excluding hydrogens is 292 g/mol. The van der Waals surface area contributed by atoms with Gasteiger partial charge in [-0.15, -0.1) is 0 Å². The Balaban J connectivity index is 2.07. The topological polar surface area (TPSA) is 59.0 Å². The van der Waals surface area contributed by atoms with Crippen molar-refractivity contribution >= 4 is 21.6 Å². The van der Waals surface area contributed by atoms with Crippen LogP contribution in [0.4, 0.5) is 5.69 Å². The van der Waals surface area contributed by atoms with Crippen molar-refractivity contribution in [2.45, 2.75) is 6.61 Å². The lowest BCUT2D eigenvalue weighted by atomic mass is 10.2. The van der Waals surface area contributed by atoms with E-state index in [1.165, 1.54) is 0 Å². The second-order valence-electron chi connectivity index (χ2n) is 3.75. The van der Waals surface area contributed by atoms with E-state index in [2.05, 4.69) is 22.0 Å². The van der Waals surface area contributed by atoms with Gasteiger partial charge in [0.1, 0.15) is 12.4 Å². The monoisotopic (exact) mass is 302 g/mol. The maximum absolute atomic E-state index is 8.69. The van der Waals surface area contributed by atoms with Gasteiger partial charge in [0, 0.05) is 15.7 Å². The summed E-state index contributed by atoms with van der Waals surface area (Å²) < 4.78 is 6.49. The molecule has 0 fully saturated rings. The third kappa shape index (κ3) is 2.82. The summed E-state index contributed by atoms with van der Waals surface area (Å²) in [6.07, 6.45) is 0. The molecule has 0 amide bonds. The van der Waals surface area contributed by atoms with Gasteiger partial charge in [0.25, 0.3) is 0 Å². The van der Waals surface area contributed by atoms with Crippen LogP contribution in [0, 0.1) is 11.3 Å². The quantitative estimate of drug-likeness (QED) is 0.883. The van der Waals surface area contributed by atoms with Crippen molar-refractivity contribution < 1.29 is 4.74 Å². The number of ether oxygens (including phenoxy) is 1. The molecular formula is C14H11BrN2O.